The van der Waals surface area contributed by atoms with Gasteiger partial charge in [0.05, 0.1) is 0 Å². The third-order valence-electron chi connectivity index (χ3n) is 2.29. The molecule has 0 aliphatic heterocycles. The van der Waals surface area contributed by atoms with Crippen molar-refractivity contribution < 1.29 is 4.79 Å². The highest BCUT2D eigenvalue weighted by Crippen LogP contribution is 2.01. The van der Waals surface area contributed by atoms with Gasteiger partial charge in [0.2, 0.25) is 5.91 Å². The second kappa shape index (κ2) is 6.02. The van der Waals surface area contributed by atoms with Crippen molar-refractivity contribution in [3.8, 4) is 0 Å². The number of likely N-dealkylation sites (N-methyl/N-ethyl adjacent to an activating group) is 1. The first-order valence-electron chi connectivity index (χ1n) is 5.30. The smallest absolute Gasteiger partial charge is 0.246 e. The summed E-state index contributed by atoms with van der Waals surface area (Å²) in [4.78, 5) is 13.4. The molecule has 0 bridgehead atoms. The Morgan fingerprint density at radius 1 is 1.20 bits per heavy atom. The molecule has 0 aromatic heterocycles. The topological polar surface area (TPSA) is 20.3 Å². The average molecular weight is 203 g/mol. The lowest BCUT2D eigenvalue weighted by Gasteiger charge is -2.15. The molecular formula is C13H17NO. The summed E-state index contributed by atoms with van der Waals surface area (Å²) in [5, 5.41) is 0. The minimum atomic E-state index is 0.0730. The summed E-state index contributed by atoms with van der Waals surface area (Å²) in [7, 11) is 0. The van der Waals surface area contributed by atoms with Crippen LogP contribution in [0.4, 0.5) is 0 Å². The molecule has 0 fully saturated rings. The van der Waals surface area contributed by atoms with Gasteiger partial charge in [-0.25, -0.2) is 0 Å². The van der Waals surface area contributed by atoms with Crippen LogP contribution in [0.25, 0.3) is 6.08 Å². The summed E-state index contributed by atoms with van der Waals surface area (Å²) < 4.78 is 0. The number of hydrogen-bond acceptors (Lipinski definition) is 1. The van der Waals surface area contributed by atoms with Crippen LogP contribution in [0.5, 0.6) is 0 Å². The van der Waals surface area contributed by atoms with Gasteiger partial charge < -0.3 is 4.90 Å². The molecule has 0 spiro atoms. The van der Waals surface area contributed by atoms with Crippen molar-refractivity contribution in [2.75, 3.05) is 13.1 Å². The molecule has 1 rings (SSSR count). The molecule has 80 valence electrons. The Labute approximate surface area is 91.2 Å². The molecule has 1 amide bonds. The van der Waals surface area contributed by atoms with E-state index >= 15 is 0 Å². The molecule has 0 saturated carbocycles. The van der Waals surface area contributed by atoms with Crippen LogP contribution in [0, 0.1) is 0 Å². The Morgan fingerprint density at radius 3 is 2.33 bits per heavy atom. The summed E-state index contributed by atoms with van der Waals surface area (Å²) >= 11 is 0. The normalized spacial score (nSPS) is 10.5. The van der Waals surface area contributed by atoms with Gasteiger partial charge >= 0.3 is 0 Å². The van der Waals surface area contributed by atoms with Gasteiger partial charge in [0.25, 0.3) is 0 Å². The lowest BCUT2D eigenvalue weighted by molar-refractivity contribution is -0.125. The Kier molecular flexibility index (Phi) is 4.61. The molecule has 0 atom stereocenters. The number of nitrogens with zero attached hydrogens (tertiary/aromatic N) is 1. The summed E-state index contributed by atoms with van der Waals surface area (Å²) in [6.07, 6.45) is 3.48. The molecule has 1 aromatic rings. The molecule has 0 saturated heterocycles. The Bertz CT molecular complexity index is 326. The average Bonchev–Trinajstić information content (AvgIpc) is 2.29. The highest BCUT2D eigenvalue weighted by atomic mass is 16.2. The fraction of sp³-hybridized carbons (Fsp3) is 0.308. The molecule has 0 aliphatic carbocycles. The molecule has 0 heterocycles. The zero-order valence-electron chi connectivity index (χ0n) is 9.31. The van der Waals surface area contributed by atoms with Gasteiger partial charge in [-0.1, -0.05) is 30.3 Å². The molecule has 0 aliphatic rings. The van der Waals surface area contributed by atoms with Gasteiger partial charge in [-0.3, -0.25) is 4.79 Å². The summed E-state index contributed by atoms with van der Waals surface area (Å²) in [5.74, 6) is 0.0730. The van der Waals surface area contributed by atoms with Crippen molar-refractivity contribution in [3.63, 3.8) is 0 Å². The van der Waals surface area contributed by atoms with E-state index in [2.05, 4.69) is 0 Å². The molecule has 2 nitrogen and oxygen atoms in total. The largest absolute Gasteiger partial charge is 0.340 e. The minimum absolute atomic E-state index is 0.0730. The van der Waals surface area contributed by atoms with Crippen LogP contribution in [0.15, 0.2) is 36.4 Å². The van der Waals surface area contributed by atoms with Crippen LogP contribution in [0.2, 0.25) is 0 Å². The Hall–Kier alpha value is -1.57. The van der Waals surface area contributed by atoms with Crippen molar-refractivity contribution in [3.05, 3.63) is 42.0 Å². The van der Waals surface area contributed by atoms with E-state index in [-0.39, 0.29) is 5.91 Å². The van der Waals surface area contributed by atoms with Crippen LogP contribution in [0.3, 0.4) is 0 Å². The first kappa shape index (κ1) is 11.5. The number of carbonyl (C=O) groups is 1. The maximum Gasteiger partial charge on any atom is 0.246 e. The number of benzene rings is 1. The predicted octanol–water partition coefficient (Wildman–Crippen LogP) is 2.57. The van der Waals surface area contributed by atoms with E-state index in [1.807, 2.05) is 50.3 Å². The van der Waals surface area contributed by atoms with Crippen molar-refractivity contribution in [1.29, 1.82) is 0 Å². The summed E-state index contributed by atoms with van der Waals surface area (Å²) in [5.41, 5.74) is 1.05. The van der Waals surface area contributed by atoms with Gasteiger partial charge in [-0.2, -0.15) is 0 Å². The zero-order valence-corrected chi connectivity index (χ0v) is 9.31. The van der Waals surface area contributed by atoms with Gasteiger partial charge in [0.15, 0.2) is 0 Å². The lowest BCUT2D eigenvalue weighted by atomic mass is 10.2. The second-order valence-corrected chi connectivity index (χ2v) is 3.25. The van der Waals surface area contributed by atoms with Crippen molar-refractivity contribution in [1.82, 2.24) is 4.90 Å². The van der Waals surface area contributed by atoms with E-state index in [9.17, 15) is 4.79 Å². The molecular weight excluding hydrogens is 186 g/mol. The monoisotopic (exact) mass is 203 g/mol. The Balaban J connectivity index is 2.62. The molecule has 0 unspecified atom stereocenters. The summed E-state index contributed by atoms with van der Waals surface area (Å²) in [6.45, 7) is 5.48. The molecule has 0 N–H and O–H groups in total. The quantitative estimate of drug-likeness (QED) is 0.689. The van der Waals surface area contributed by atoms with E-state index in [4.69, 9.17) is 0 Å². The van der Waals surface area contributed by atoms with E-state index in [0.717, 1.165) is 18.7 Å². The molecule has 1 aromatic carbocycles. The standard InChI is InChI=1S/C13H17NO/c1-3-14(4-2)13(15)11-10-12-8-6-5-7-9-12/h5-11H,3-4H2,1-2H3. The summed E-state index contributed by atoms with van der Waals surface area (Å²) in [6, 6.07) is 9.84. The van der Waals surface area contributed by atoms with Crippen molar-refractivity contribution >= 4 is 12.0 Å². The predicted molar refractivity (Wildman–Crippen MR) is 63.4 cm³/mol. The van der Waals surface area contributed by atoms with E-state index < -0.39 is 0 Å². The van der Waals surface area contributed by atoms with Crippen LogP contribution in [0.1, 0.15) is 19.4 Å². The van der Waals surface area contributed by atoms with Crippen LogP contribution in [-0.4, -0.2) is 23.9 Å². The SMILES string of the molecule is CCN(CC)C(=O)C=Cc1ccccc1. The van der Waals surface area contributed by atoms with Crippen LogP contribution >= 0.6 is 0 Å². The third kappa shape index (κ3) is 3.58. The van der Waals surface area contributed by atoms with Crippen LogP contribution in [-0.2, 0) is 4.79 Å². The van der Waals surface area contributed by atoms with Crippen molar-refractivity contribution in [2.24, 2.45) is 0 Å². The van der Waals surface area contributed by atoms with Crippen molar-refractivity contribution in [2.45, 2.75) is 13.8 Å². The fourth-order valence-electron chi connectivity index (χ4n) is 1.37. The number of carbonyl (C=O) groups excluding carboxylic acids is 1. The number of amides is 1. The highest BCUT2D eigenvalue weighted by Gasteiger charge is 2.03. The second-order valence-electron chi connectivity index (χ2n) is 3.25. The lowest BCUT2D eigenvalue weighted by Crippen LogP contribution is -2.28. The maximum atomic E-state index is 11.6. The zero-order chi connectivity index (χ0) is 11.1. The minimum Gasteiger partial charge on any atom is -0.340 e. The van der Waals surface area contributed by atoms with Gasteiger partial charge in [-0.05, 0) is 25.5 Å². The number of hydrogen-bond donors (Lipinski definition) is 0. The maximum absolute atomic E-state index is 11.6. The first-order valence-corrected chi connectivity index (χ1v) is 5.30. The van der Waals surface area contributed by atoms with E-state index in [0.29, 0.717) is 0 Å². The van der Waals surface area contributed by atoms with Gasteiger partial charge in [0, 0.05) is 19.2 Å². The molecule has 0 radical (unpaired) electrons. The van der Waals surface area contributed by atoms with Gasteiger partial charge in [0.1, 0.15) is 0 Å². The van der Waals surface area contributed by atoms with Gasteiger partial charge in [-0.15, -0.1) is 0 Å². The van der Waals surface area contributed by atoms with E-state index in [1.54, 1.807) is 11.0 Å². The number of rotatable bonds is 4. The molecule has 2 heteroatoms. The molecule has 15 heavy (non-hydrogen) atoms. The van der Waals surface area contributed by atoms with Crippen LogP contribution < -0.4 is 0 Å². The Morgan fingerprint density at radius 2 is 1.80 bits per heavy atom. The van der Waals surface area contributed by atoms with E-state index in [1.165, 1.54) is 0 Å². The first-order chi connectivity index (χ1) is 7.27. The fourth-order valence-corrected chi connectivity index (χ4v) is 1.37. The third-order valence-corrected chi connectivity index (χ3v) is 2.29. The highest BCUT2D eigenvalue weighted by molar-refractivity contribution is 5.91.